The van der Waals surface area contributed by atoms with Gasteiger partial charge in [-0.3, -0.25) is 0 Å². The van der Waals surface area contributed by atoms with E-state index in [0.29, 0.717) is 5.56 Å². The van der Waals surface area contributed by atoms with E-state index >= 15 is 0 Å². The zero-order chi connectivity index (χ0) is 15.0. The highest BCUT2D eigenvalue weighted by atomic mass is 16.4. The SMILES string of the molecule is Cc1cc(C)c(-c2cccc3ccccc23)cc1C(=O)O. The fourth-order valence-electron chi connectivity index (χ4n) is 2.83. The van der Waals surface area contributed by atoms with Gasteiger partial charge in [0.1, 0.15) is 0 Å². The van der Waals surface area contributed by atoms with Crippen molar-refractivity contribution < 1.29 is 9.90 Å². The fourth-order valence-corrected chi connectivity index (χ4v) is 2.83. The van der Waals surface area contributed by atoms with Crippen molar-refractivity contribution in [1.82, 2.24) is 0 Å². The molecule has 0 saturated carbocycles. The summed E-state index contributed by atoms with van der Waals surface area (Å²) in [5.41, 5.74) is 4.31. The molecule has 21 heavy (non-hydrogen) atoms. The van der Waals surface area contributed by atoms with Crippen LogP contribution in [0, 0.1) is 13.8 Å². The topological polar surface area (TPSA) is 37.3 Å². The number of carboxylic acids is 1. The Kier molecular flexibility index (Phi) is 3.22. The van der Waals surface area contributed by atoms with E-state index in [9.17, 15) is 9.90 Å². The highest BCUT2D eigenvalue weighted by molar-refractivity contribution is 5.99. The van der Waals surface area contributed by atoms with Gasteiger partial charge in [-0.15, -0.1) is 0 Å². The van der Waals surface area contributed by atoms with E-state index < -0.39 is 5.97 Å². The molecule has 3 rings (SSSR count). The van der Waals surface area contributed by atoms with Gasteiger partial charge >= 0.3 is 5.97 Å². The van der Waals surface area contributed by atoms with Gasteiger partial charge in [0.15, 0.2) is 0 Å². The fraction of sp³-hybridized carbons (Fsp3) is 0.105. The van der Waals surface area contributed by atoms with Crippen molar-refractivity contribution in [3.05, 3.63) is 71.3 Å². The average Bonchev–Trinajstić information content (AvgIpc) is 2.46. The first-order valence-corrected chi connectivity index (χ1v) is 6.90. The molecule has 104 valence electrons. The van der Waals surface area contributed by atoms with Gasteiger partial charge in [0.25, 0.3) is 0 Å². The van der Waals surface area contributed by atoms with Crippen LogP contribution in [-0.2, 0) is 0 Å². The van der Waals surface area contributed by atoms with Gasteiger partial charge in [0.05, 0.1) is 5.56 Å². The Morgan fingerprint density at radius 3 is 2.33 bits per heavy atom. The van der Waals surface area contributed by atoms with Crippen LogP contribution in [0.25, 0.3) is 21.9 Å². The minimum absolute atomic E-state index is 0.364. The van der Waals surface area contributed by atoms with E-state index in [1.807, 2.05) is 44.2 Å². The lowest BCUT2D eigenvalue weighted by atomic mass is 9.92. The first-order valence-electron chi connectivity index (χ1n) is 6.90. The normalized spacial score (nSPS) is 10.8. The van der Waals surface area contributed by atoms with E-state index in [4.69, 9.17) is 0 Å². The summed E-state index contributed by atoms with van der Waals surface area (Å²) < 4.78 is 0. The number of aryl methyl sites for hydroxylation is 2. The maximum Gasteiger partial charge on any atom is 0.335 e. The number of carbonyl (C=O) groups is 1. The molecule has 0 atom stereocenters. The third kappa shape index (κ3) is 2.29. The van der Waals surface area contributed by atoms with Crippen LogP contribution < -0.4 is 0 Å². The van der Waals surface area contributed by atoms with Crippen molar-refractivity contribution in [2.75, 3.05) is 0 Å². The molecule has 0 radical (unpaired) electrons. The van der Waals surface area contributed by atoms with Gasteiger partial charge in [-0.05, 0) is 52.9 Å². The predicted octanol–water partition coefficient (Wildman–Crippen LogP) is 4.82. The molecule has 0 amide bonds. The summed E-state index contributed by atoms with van der Waals surface area (Å²) in [4.78, 5) is 11.4. The molecule has 2 heteroatoms. The average molecular weight is 276 g/mol. The van der Waals surface area contributed by atoms with E-state index in [2.05, 4.69) is 18.2 Å². The Morgan fingerprint density at radius 1 is 0.857 bits per heavy atom. The highest BCUT2D eigenvalue weighted by Gasteiger charge is 2.13. The Hall–Kier alpha value is -2.61. The highest BCUT2D eigenvalue weighted by Crippen LogP contribution is 2.32. The second-order valence-electron chi connectivity index (χ2n) is 5.31. The molecular weight excluding hydrogens is 260 g/mol. The lowest BCUT2D eigenvalue weighted by Crippen LogP contribution is -2.01. The Labute approximate surface area is 123 Å². The van der Waals surface area contributed by atoms with Crippen LogP contribution in [0.4, 0.5) is 0 Å². The molecule has 0 unspecified atom stereocenters. The van der Waals surface area contributed by atoms with Crippen molar-refractivity contribution in [2.24, 2.45) is 0 Å². The molecule has 3 aromatic carbocycles. The van der Waals surface area contributed by atoms with Gasteiger partial charge in [-0.25, -0.2) is 4.79 Å². The van der Waals surface area contributed by atoms with Gasteiger partial charge in [0, 0.05) is 0 Å². The van der Waals surface area contributed by atoms with Crippen LogP contribution in [0.5, 0.6) is 0 Å². The van der Waals surface area contributed by atoms with Crippen LogP contribution in [0.1, 0.15) is 21.5 Å². The molecule has 0 aliphatic rings. The second-order valence-corrected chi connectivity index (χ2v) is 5.31. The Morgan fingerprint density at radius 2 is 1.57 bits per heavy atom. The molecular formula is C19H16O2. The lowest BCUT2D eigenvalue weighted by Gasteiger charge is -2.12. The number of hydrogen-bond acceptors (Lipinski definition) is 1. The van der Waals surface area contributed by atoms with Crippen LogP contribution in [0.15, 0.2) is 54.6 Å². The Balaban J connectivity index is 2.33. The summed E-state index contributed by atoms with van der Waals surface area (Å²) in [5.74, 6) is -0.881. The van der Waals surface area contributed by atoms with E-state index in [-0.39, 0.29) is 0 Å². The van der Waals surface area contributed by atoms with Gasteiger partial charge in [-0.2, -0.15) is 0 Å². The number of aromatic carboxylic acids is 1. The minimum atomic E-state index is -0.881. The quantitative estimate of drug-likeness (QED) is 0.728. The molecule has 0 aromatic heterocycles. The van der Waals surface area contributed by atoms with Crippen molar-refractivity contribution in [3.63, 3.8) is 0 Å². The summed E-state index contributed by atoms with van der Waals surface area (Å²) >= 11 is 0. The summed E-state index contributed by atoms with van der Waals surface area (Å²) in [5, 5.41) is 11.6. The molecule has 0 heterocycles. The van der Waals surface area contributed by atoms with Crippen molar-refractivity contribution in [2.45, 2.75) is 13.8 Å². The third-order valence-corrected chi connectivity index (χ3v) is 3.88. The first-order chi connectivity index (χ1) is 10.1. The second kappa shape index (κ2) is 5.06. The van der Waals surface area contributed by atoms with Crippen molar-refractivity contribution in [3.8, 4) is 11.1 Å². The number of carboxylic acid groups (broad SMARTS) is 1. The first kappa shape index (κ1) is 13.4. The van der Waals surface area contributed by atoms with Gasteiger partial charge < -0.3 is 5.11 Å². The maximum absolute atomic E-state index is 11.4. The maximum atomic E-state index is 11.4. The van der Waals surface area contributed by atoms with Crippen LogP contribution in [0.3, 0.4) is 0 Å². The van der Waals surface area contributed by atoms with E-state index in [1.54, 1.807) is 6.07 Å². The Bertz CT molecular complexity index is 842. The van der Waals surface area contributed by atoms with Gasteiger partial charge in [0.2, 0.25) is 0 Å². The summed E-state index contributed by atoms with van der Waals surface area (Å²) in [6, 6.07) is 18.0. The number of rotatable bonds is 2. The predicted molar refractivity (Wildman–Crippen MR) is 85.8 cm³/mol. The summed E-state index contributed by atoms with van der Waals surface area (Å²) in [6.07, 6.45) is 0. The molecule has 0 bridgehead atoms. The van der Waals surface area contributed by atoms with E-state index in [0.717, 1.165) is 33.0 Å². The molecule has 0 aliphatic heterocycles. The zero-order valence-electron chi connectivity index (χ0n) is 12.1. The van der Waals surface area contributed by atoms with Crippen molar-refractivity contribution in [1.29, 1.82) is 0 Å². The molecule has 3 aromatic rings. The van der Waals surface area contributed by atoms with Crippen LogP contribution >= 0.6 is 0 Å². The molecule has 0 saturated heterocycles. The molecule has 2 nitrogen and oxygen atoms in total. The number of hydrogen-bond donors (Lipinski definition) is 1. The molecule has 1 N–H and O–H groups in total. The molecule has 0 fully saturated rings. The smallest absolute Gasteiger partial charge is 0.335 e. The monoisotopic (exact) mass is 276 g/mol. The molecule has 0 aliphatic carbocycles. The summed E-state index contributed by atoms with van der Waals surface area (Å²) in [7, 11) is 0. The number of fused-ring (bicyclic) bond motifs is 1. The third-order valence-electron chi connectivity index (χ3n) is 3.88. The largest absolute Gasteiger partial charge is 0.478 e. The van der Waals surface area contributed by atoms with Gasteiger partial charge in [-0.1, -0.05) is 48.5 Å². The lowest BCUT2D eigenvalue weighted by molar-refractivity contribution is 0.0696. The van der Waals surface area contributed by atoms with Crippen molar-refractivity contribution >= 4 is 16.7 Å². The van der Waals surface area contributed by atoms with E-state index in [1.165, 1.54) is 0 Å². The van der Waals surface area contributed by atoms with Crippen LogP contribution in [-0.4, -0.2) is 11.1 Å². The standard InChI is InChI=1S/C19H16O2/c1-12-10-13(2)18(19(20)21)11-17(12)16-9-5-7-14-6-3-4-8-15(14)16/h3-11H,1-2H3,(H,20,21). The minimum Gasteiger partial charge on any atom is -0.478 e. The van der Waals surface area contributed by atoms with Crippen LogP contribution in [0.2, 0.25) is 0 Å². The number of benzene rings is 3. The summed E-state index contributed by atoms with van der Waals surface area (Å²) in [6.45, 7) is 3.86. The molecule has 0 spiro atoms. The zero-order valence-corrected chi connectivity index (χ0v) is 12.1.